The van der Waals surface area contributed by atoms with E-state index < -0.39 is 6.10 Å². The van der Waals surface area contributed by atoms with Crippen LogP contribution >= 0.6 is 0 Å². The highest BCUT2D eigenvalue weighted by Gasteiger charge is 2.19. The van der Waals surface area contributed by atoms with Crippen molar-refractivity contribution in [1.29, 1.82) is 0 Å². The van der Waals surface area contributed by atoms with Gasteiger partial charge in [0.15, 0.2) is 6.10 Å². The van der Waals surface area contributed by atoms with E-state index in [4.69, 9.17) is 14.2 Å². The van der Waals surface area contributed by atoms with Crippen LogP contribution in [0.25, 0.3) is 0 Å². The minimum absolute atomic E-state index is 0.0810. The van der Waals surface area contributed by atoms with Crippen LogP contribution in [0.2, 0.25) is 0 Å². The van der Waals surface area contributed by atoms with Gasteiger partial charge in [0.25, 0.3) is 0 Å². The van der Waals surface area contributed by atoms with Gasteiger partial charge in [0, 0.05) is 19.3 Å². The van der Waals surface area contributed by atoms with E-state index >= 15 is 0 Å². The Balaban J connectivity index is 4.18. The highest BCUT2D eigenvalue weighted by molar-refractivity contribution is 5.71. The molecule has 0 radical (unpaired) electrons. The molecule has 0 aliphatic rings. The summed E-state index contributed by atoms with van der Waals surface area (Å²) < 4.78 is 16.8. The smallest absolute Gasteiger partial charge is 0.306 e. The van der Waals surface area contributed by atoms with Crippen molar-refractivity contribution in [2.75, 3.05) is 13.2 Å². The lowest BCUT2D eigenvalue weighted by Gasteiger charge is -2.18. The van der Waals surface area contributed by atoms with E-state index in [9.17, 15) is 14.4 Å². The van der Waals surface area contributed by atoms with Gasteiger partial charge in [0.05, 0.1) is 0 Å². The normalized spacial score (nSPS) is 12.4. The molecule has 6 nitrogen and oxygen atoms in total. The van der Waals surface area contributed by atoms with E-state index in [-0.39, 0.29) is 31.1 Å². The Morgan fingerprint density at radius 2 is 0.543 bits per heavy atom. The standard InChI is InChI=1S/C64H114O6/c1-4-7-10-13-16-19-22-24-26-27-28-29-30-31-32-33-34-35-36-37-39-40-42-45-48-51-54-57-63(66)69-60-61(59-68-62(65)56-53-50-47-44-21-18-15-12-9-6-3)70-64(67)58-55-52-49-46-43-41-38-25-23-20-17-14-11-8-5-2/h12,15,17,20,22,24-25,27-28,38,61H,4-11,13-14,16,18-19,21,23,26,29-37,39-60H2,1-3H3/b15-12-,20-17-,24-22-,28-27-,38-25-. The summed E-state index contributed by atoms with van der Waals surface area (Å²) in [6, 6.07) is 0. The number of hydrogen-bond acceptors (Lipinski definition) is 6. The average molecular weight is 980 g/mol. The van der Waals surface area contributed by atoms with Gasteiger partial charge >= 0.3 is 17.9 Å². The first kappa shape index (κ1) is 67.1. The number of esters is 3. The molecule has 1 unspecified atom stereocenters. The largest absolute Gasteiger partial charge is 0.462 e. The summed E-state index contributed by atoms with van der Waals surface area (Å²) in [5, 5.41) is 0. The number of hydrogen-bond donors (Lipinski definition) is 0. The minimum Gasteiger partial charge on any atom is -0.462 e. The molecule has 0 aromatic heterocycles. The van der Waals surface area contributed by atoms with Gasteiger partial charge in [0.1, 0.15) is 13.2 Å². The van der Waals surface area contributed by atoms with Crippen LogP contribution in [-0.4, -0.2) is 37.2 Å². The van der Waals surface area contributed by atoms with Crippen molar-refractivity contribution in [3.63, 3.8) is 0 Å². The Kier molecular flexibility index (Phi) is 56.3. The molecule has 0 aliphatic heterocycles. The summed E-state index contributed by atoms with van der Waals surface area (Å²) in [7, 11) is 0. The van der Waals surface area contributed by atoms with Crippen LogP contribution in [0.15, 0.2) is 60.8 Å². The second kappa shape index (κ2) is 58.7. The van der Waals surface area contributed by atoms with E-state index in [0.29, 0.717) is 19.3 Å². The topological polar surface area (TPSA) is 78.9 Å². The molecular formula is C64H114O6. The molecular weight excluding hydrogens is 865 g/mol. The van der Waals surface area contributed by atoms with E-state index in [1.165, 1.54) is 167 Å². The molecule has 0 aromatic carbocycles. The van der Waals surface area contributed by atoms with Crippen LogP contribution in [0, 0.1) is 0 Å². The highest BCUT2D eigenvalue weighted by Crippen LogP contribution is 2.16. The fraction of sp³-hybridized carbons (Fsp3) is 0.797. The van der Waals surface area contributed by atoms with Crippen molar-refractivity contribution in [2.45, 2.75) is 316 Å². The van der Waals surface area contributed by atoms with Gasteiger partial charge < -0.3 is 14.2 Å². The maximum atomic E-state index is 12.8. The molecule has 1 atom stereocenters. The van der Waals surface area contributed by atoms with Crippen LogP contribution < -0.4 is 0 Å². The van der Waals surface area contributed by atoms with E-state index in [2.05, 4.69) is 81.5 Å². The van der Waals surface area contributed by atoms with Gasteiger partial charge in [-0.15, -0.1) is 0 Å². The lowest BCUT2D eigenvalue weighted by Crippen LogP contribution is -2.30. The number of unbranched alkanes of at least 4 members (excludes halogenated alkanes) is 34. The maximum absolute atomic E-state index is 12.8. The second-order valence-corrected chi connectivity index (χ2v) is 20.2. The van der Waals surface area contributed by atoms with Gasteiger partial charge in [0.2, 0.25) is 0 Å². The summed E-state index contributed by atoms with van der Waals surface area (Å²) in [5.41, 5.74) is 0. The Morgan fingerprint density at radius 1 is 0.286 bits per heavy atom. The molecule has 0 bridgehead atoms. The van der Waals surface area contributed by atoms with Crippen molar-refractivity contribution in [1.82, 2.24) is 0 Å². The molecule has 0 aromatic rings. The lowest BCUT2D eigenvalue weighted by molar-refractivity contribution is -0.167. The molecule has 406 valence electrons. The monoisotopic (exact) mass is 979 g/mol. The van der Waals surface area contributed by atoms with Crippen LogP contribution in [0.3, 0.4) is 0 Å². The molecule has 0 amide bonds. The second-order valence-electron chi connectivity index (χ2n) is 20.2. The van der Waals surface area contributed by atoms with E-state index in [1.54, 1.807) is 0 Å². The zero-order chi connectivity index (χ0) is 50.7. The molecule has 0 aliphatic carbocycles. The molecule has 0 N–H and O–H groups in total. The minimum atomic E-state index is -0.783. The quantitative estimate of drug-likeness (QED) is 0.0261. The predicted molar refractivity (Wildman–Crippen MR) is 302 cm³/mol. The summed E-state index contributed by atoms with van der Waals surface area (Å²) in [4.78, 5) is 38.1. The fourth-order valence-electron chi connectivity index (χ4n) is 8.62. The third kappa shape index (κ3) is 56.0. The van der Waals surface area contributed by atoms with E-state index in [0.717, 1.165) is 103 Å². The Bertz CT molecular complexity index is 1260. The average Bonchev–Trinajstić information content (AvgIpc) is 3.36. The molecule has 0 heterocycles. The molecule has 6 heteroatoms. The van der Waals surface area contributed by atoms with E-state index in [1.807, 2.05) is 0 Å². The van der Waals surface area contributed by atoms with Gasteiger partial charge in [-0.1, -0.05) is 248 Å². The molecule has 0 fully saturated rings. The lowest BCUT2D eigenvalue weighted by atomic mass is 10.0. The fourth-order valence-corrected chi connectivity index (χ4v) is 8.62. The molecule has 70 heavy (non-hydrogen) atoms. The first-order chi connectivity index (χ1) is 34.5. The van der Waals surface area contributed by atoms with Crippen molar-refractivity contribution in [3.05, 3.63) is 60.8 Å². The van der Waals surface area contributed by atoms with Gasteiger partial charge in [-0.2, -0.15) is 0 Å². The summed E-state index contributed by atoms with van der Waals surface area (Å²) in [6.45, 7) is 6.55. The highest BCUT2D eigenvalue weighted by atomic mass is 16.6. The molecule has 0 rings (SSSR count). The number of rotatable bonds is 55. The van der Waals surface area contributed by atoms with Crippen LogP contribution in [0.4, 0.5) is 0 Å². The third-order valence-corrected chi connectivity index (χ3v) is 13.2. The van der Waals surface area contributed by atoms with Gasteiger partial charge in [-0.05, 0) is 103 Å². The number of carbonyl (C=O) groups is 3. The summed E-state index contributed by atoms with van der Waals surface area (Å²) >= 11 is 0. The Morgan fingerprint density at radius 3 is 0.886 bits per heavy atom. The number of carbonyl (C=O) groups excluding carboxylic acids is 3. The van der Waals surface area contributed by atoms with Crippen molar-refractivity contribution >= 4 is 17.9 Å². The third-order valence-electron chi connectivity index (χ3n) is 13.2. The predicted octanol–water partition coefficient (Wildman–Crippen LogP) is 20.4. The molecule has 0 spiro atoms. The SMILES string of the molecule is CCC/C=C\CCCCCCCC(=O)OCC(COC(=O)CCCCCCCCCCCCCCCCC/C=C\C/C=C\CCCCCCC)OC(=O)CCCCCCC/C=C\C/C=C\CCCCC. The van der Waals surface area contributed by atoms with Crippen LogP contribution in [-0.2, 0) is 28.6 Å². The van der Waals surface area contributed by atoms with Gasteiger partial charge in [-0.25, -0.2) is 0 Å². The van der Waals surface area contributed by atoms with Crippen molar-refractivity contribution in [2.24, 2.45) is 0 Å². The van der Waals surface area contributed by atoms with Crippen LogP contribution in [0.5, 0.6) is 0 Å². The molecule has 0 saturated heterocycles. The zero-order valence-corrected chi connectivity index (χ0v) is 46.5. The first-order valence-corrected chi connectivity index (χ1v) is 30.3. The first-order valence-electron chi connectivity index (χ1n) is 30.3. The van der Waals surface area contributed by atoms with Gasteiger partial charge in [-0.3, -0.25) is 14.4 Å². The maximum Gasteiger partial charge on any atom is 0.306 e. The Hall–Kier alpha value is -2.89. The Labute approximate surface area is 434 Å². The number of allylic oxidation sites excluding steroid dienone is 10. The number of ether oxygens (including phenoxy) is 3. The van der Waals surface area contributed by atoms with Crippen LogP contribution in [0.1, 0.15) is 310 Å². The summed E-state index contributed by atoms with van der Waals surface area (Å²) in [5.74, 6) is -0.896. The summed E-state index contributed by atoms with van der Waals surface area (Å²) in [6.07, 6.45) is 73.8. The molecule has 0 saturated carbocycles. The van der Waals surface area contributed by atoms with Crippen molar-refractivity contribution < 1.29 is 28.6 Å². The zero-order valence-electron chi connectivity index (χ0n) is 46.5. The van der Waals surface area contributed by atoms with Crippen molar-refractivity contribution in [3.8, 4) is 0 Å².